The molecule has 0 spiro atoms. The lowest BCUT2D eigenvalue weighted by molar-refractivity contribution is -0.116. The average Bonchev–Trinajstić information content (AvgIpc) is 3.58. The highest BCUT2D eigenvalue weighted by Gasteiger charge is 2.23. The monoisotopic (exact) mass is 617 g/mol. The fourth-order valence-electron chi connectivity index (χ4n) is 4.35. The van der Waals surface area contributed by atoms with Crippen molar-refractivity contribution in [2.24, 2.45) is 0 Å². The van der Waals surface area contributed by atoms with E-state index in [9.17, 15) is 14.4 Å². The molecule has 0 saturated heterocycles. The van der Waals surface area contributed by atoms with Gasteiger partial charge < -0.3 is 25.1 Å². The van der Waals surface area contributed by atoms with E-state index in [-0.39, 0.29) is 11.6 Å². The van der Waals surface area contributed by atoms with Gasteiger partial charge in [-0.2, -0.15) is 0 Å². The van der Waals surface area contributed by atoms with E-state index in [2.05, 4.69) is 16.0 Å². The summed E-state index contributed by atoms with van der Waals surface area (Å²) in [4.78, 5) is 40.6. The Hall–Kier alpha value is -5.54. The second kappa shape index (κ2) is 15.3. The largest absolute Gasteiger partial charge is 0.494 e. The number of furan rings is 1. The predicted molar refractivity (Wildman–Crippen MR) is 177 cm³/mol. The predicted octanol–water partition coefficient (Wildman–Crippen LogP) is 7.56. The van der Waals surface area contributed by atoms with Crippen LogP contribution in [0, 0.1) is 0 Å². The van der Waals surface area contributed by atoms with Gasteiger partial charge in [0.2, 0.25) is 5.91 Å². The first-order chi connectivity index (χ1) is 22.0. The van der Waals surface area contributed by atoms with Gasteiger partial charge in [0, 0.05) is 27.9 Å². The summed E-state index contributed by atoms with van der Waals surface area (Å²) in [6, 6.07) is 35.9. The topological polar surface area (TPSA) is 110 Å². The molecule has 4 aromatic carbocycles. The Morgan fingerprint density at radius 2 is 1.53 bits per heavy atom. The van der Waals surface area contributed by atoms with Crippen molar-refractivity contribution < 1.29 is 23.5 Å². The van der Waals surface area contributed by atoms with Crippen molar-refractivity contribution in [1.29, 1.82) is 0 Å². The van der Waals surface area contributed by atoms with Gasteiger partial charge in [0.25, 0.3) is 11.8 Å². The molecule has 0 radical (unpaired) electrons. The van der Waals surface area contributed by atoms with Crippen LogP contribution in [0.15, 0.2) is 143 Å². The molecular weight excluding hydrogens is 586 g/mol. The normalized spacial score (nSPS) is 11.7. The molecule has 0 bridgehead atoms. The van der Waals surface area contributed by atoms with Crippen molar-refractivity contribution in [1.82, 2.24) is 5.32 Å². The highest BCUT2D eigenvalue weighted by atomic mass is 32.2. The second-order valence-corrected chi connectivity index (χ2v) is 10.9. The first-order valence-corrected chi connectivity index (χ1v) is 15.1. The standard InChI is InChI=1S/C36H31N3O5S/c1-2-43-29-20-18-27(19-21-29)37-36(42)33(25-11-5-3-6-12-25)45-31-17-9-15-28(23-31)38-35(41)32(24-30-16-10-22-44-30)39-34(40)26-13-7-4-8-14-26/h3-24,33H,2H2,1H3,(H,37,42)(H,38,41)(H,39,40)/b32-24-. The number of carbonyl (C=O) groups is 3. The summed E-state index contributed by atoms with van der Waals surface area (Å²) in [5.41, 5.74) is 2.38. The third-order valence-corrected chi connectivity index (χ3v) is 7.73. The third kappa shape index (κ3) is 8.75. The summed E-state index contributed by atoms with van der Waals surface area (Å²) < 4.78 is 10.9. The van der Waals surface area contributed by atoms with Crippen molar-refractivity contribution in [2.45, 2.75) is 17.1 Å². The van der Waals surface area contributed by atoms with Gasteiger partial charge in [-0.05, 0) is 79.2 Å². The van der Waals surface area contributed by atoms with E-state index in [0.717, 1.165) is 16.2 Å². The Morgan fingerprint density at radius 3 is 2.22 bits per heavy atom. The highest BCUT2D eigenvalue weighted by molar-refractivity contribution is 8.00. The molecule has 45 heavy (non-hydrogen) atoms. The smallest absolute Gasteiger partial charge is 0.272 e. The third-order valence-electron chi connectivity index (χ3n) is 6.48. The van der Waals surface area contributed by atoms with Crippen LogP contribution in [-0.4, -0.2) is 24.3 Å². The highest BCUT2D eigenvalue weighted by Crippen LogP contribution is 2.37. The van der Waals surface area contributed by atoms with Gasteiger partial charge in [-0.15, -0.1) is 11.8 Å². The maximum absolute atomic E-state index is 13.6. The summed E-state index contributed by atoms with van der Waals surface area (Å²) in [6.07, 6.45) is 2.95. The lowest BCUT2D eigenvalue weighted by Gasteiger charge is -2.18. The van der Waals surface area contributed by atoms with Crippen molar-refractivity contribution in [3.63, 3.8) is 0 Å². The van der Waals surface area contributed by atoms with E-state index in [0.29, 0.717) is 29.3 Å². The molecule has 0 aliphatic rings. The number of rotatable bonds is 12. The van der Waals surface area contributed by atoms with Crippen molar-refractivity contribution in [2.75, 3.05) is 17.2 Å². The first kappa shape index (κ1) is 30.9. The Balaban J connectivity index is 1.33. The molecule has 0 aliphatic carbocycles. The van der Waals surface area contributed by atoms with Crippen LogP contribution < -0.4 is 20.7 Å². The van der Waals surface area contributed by atoms with E-state index >= 15 is 0 Å². The Labute approximate surface area is 265 Å². The molecule has 3 amide bonds. The van der Waals surface area contributed by atoms with Crippen LogP contribution in [0.4, 0.5) is 11.4 Å². The van der Waals surface area contributed by atoms with Gasteiger partial charge in [-0.25, -0.2) is 0 Å². The number of hydrogen-bond donors (Lipinski definition) is 3. The fraction of sp³-hybridized carbons (Fsp3) is 0.0833. The van der Waals surface area contributed by atoms with E-state index in [1.54, 1.807) is 72.8 Å². The minimum absolute atomic E-state index is 0.00811. The number of carbonyl (C=O) groups excluding carboxylic acids is 3. The molecule has 5 rings (SSSR count). The maximum Gasteiger partial charge on any atom is 0.272 e. The van der Waals surface area contributed by atoms with Crippen LogP contribution in [0.2, 0.25) is 0 Å². The number of benzene rings is 4. The van der Waals surface area contributed by atoms with Crippen LogP contribution in [0.5, 0.6) is 5.75 Å². The molecule has 0 aliphatic heterocycles. The van der Waals surface area contributed by atoms with Crippen LogP contribution in [0.25, 0.3) is 6.08 Å². The van der Waals surface area contributed by atoms with Crippen LogP contribution in [0.3, 0.4) is 0 Å². The van der Waals surface area contributed by atoms with E-state index in [1.807, 2.05) is 55.5 Å². The number of ether oxygens (including phenoxy) is 1. The molecular formula is C36H31N3O5S. The van der Waals surface area contributed by atoms with Crippen molar-refractivity contribution in [3.05, 3.63) is 150 Å². The molecule has 1 unspecified atom stereocenters. The summed E-state index contributed by atoms with van der Waals surface area (Å²) in [5, 5.41) is 7.98. The summed E-state index contributed by atoms with van der Waals surface area (Å²) in [5.74, 6) is -0.0351. The average molecular weight is 618 g/mol. The number of amides is 3. The fourth-order valence-corrected chi connectivity index (χ4v) is 5.43. The van der Waals surface area contributed by atoms with E-state index in [4.69, 9.17) is 9.15 Å². The molecule has 9 heteroatoms. The SMILES string of the molecule is CCOc1ccc(NC(=O)C(Sc2cccc(NC(=O)/C(=C/c3ccco3)NC(=O)c3ccccc3)c2)c2ccccc2)cc1. The van der Waals surface area contributed by atoms with Crippen molar-refractivity contribution in [3.8, 4) is 5.75 Å². The number of anilines is 2. The van der Waals surface area contributed by atoms with E-state index < -0.39 is 17.1 Å². The molecule has 1 aromatic heterocycles. The van der Waals surface area contributed by atoms with Gasteiger partial charge in [0.05, 0.1) is 12.9 Å². The molecule has 0 saturated carbocycles. The second-order valence-electron chi connectivity index (χ2n) is 9.73. The lowest BCUT2D eigenvalue weighted by atomic mass is 10.1. The molecule has 0 fully saturated rings. The minimum Gasteiger partial charge on any atom is -0.494 e. The number of thioether (sulfide) groups is 1. The first-order valence-electron chi connectivity index (χ1n) is 14.3. The number of hydrogen-bond acceptors (Lipinski definition) is 6. The summed E-state index contributed by atoms with van der Waals surface area (Å²) in [6.45, 7) is 2.47. The van der Waals surface area contributed by atoms with E-state index in [1.165, 1.54) is 24.1 Å². The molecule has 8 nitrogen and oxygen atoms in total. The Kier molecular flexibility index (Phi) is 10.5. The molecule has 1 heterocycles. The van der Waals surface area contributed by atoms with Crippen LogP contribution >= 0.6 is 11.8 Å². The minimum atomic E-state index is -0.580. The molecule has 226 valence electrons. The molecule has 5 aromatic rings. The van der Waals surface area contributed by atoms with Gasteiger partial charge in [0.1, 0.15) is 22.5 Å². The maximum atomic E-state index is 13.6. The summed E-state index contributed by atoms with van der Waals surface area (Å²) >= 11 is 1.35. The number of nitrogens with one attached hydrogen (secondary N) is 3. The zero-order valence-electron chi connectivity index (χ0n) is 24.4. The zero-order chi connectivity index (χ0) is 31.4. The quantitative estimate of drug-likeness (QED) is 0.0985. The molecule has 3 N–H and O–H groups in total. The molecule has 1 atom stereocenters. The van der Waals surface area contributed by atoms with Crippen LogP contribution in [-0.2, 0) is 9.59 Å². The van der Waals surface area contributed by atoms with Crippen molar-refractivity contribution >= 4 is 46.9 Å². The zero-order valence-corrected chi connectivity index (χ0v) is 25.3. The van der Waals surface area contributed by atoms with Gasteiger partial charge >= 0.3 is 0 Å². The lowest BCUT2D eigenvalue weighted by Crippen LogP contribution is -2.30. The van der Waals surface area contributed by atoms with Crippen LogP contribution in [0.1, 0.15) is 33.9 Å². The Bertz CT molecular complexity index is 1760. The van der Waals surface area contributed by atoms with Gasteiger partial charge in [-0.1, -0.05) is 54.6 Å². The van der Waals surface area contributed by atoms with Gasteiger partial charge in [0.15, 0.2) is 0 Å². The Morgan fingerprint density at radius 1 is 0.800 bits per heavy atom. The summed E-state index contributed by atoms with van der Waals surface area (Å²) in [7, 11) is 0. The van der Waals surface area contributed by atoms with Gasteiger partial charge in [-0.3, -0.25) is 14.4 Å².